The van der Waals surface area contributed by atoms with E-state index in [0.29, 0.717) is 11.0 Å². The summed E-state index contributed by atoms with van der Waals surface area (Å²) in [5, 5.41) is 0. The number of pyridine rings is 1. The topological polar surface area (TPSA) is 42.2 Å². The van der Waals surface area contributed by atoms with E-state index < -0.39 is 0 Å². The van der Waals surface area contributed by atoms with Crippen molar-refractivity contribution in [3.8, 4) is 0 Å². The molecule has 4 heteroatoms. The van der Waals surface area contributed by atoms with Crippen LogP contribution in [0.25, 0.3) is 0 Å². The highest BCUT2D eigenvalue weighted by Gasteiger charge is 2.24. The van der Waals surface area contributed by atoms with Crippen molar-refractivity contribution in [3.05, 3.63) is 24.0 Å². The maximum Gasteiger partial charge on any atom is 0.124 e. The van der Waals surface area contributed by atoms with Gasteiger partial charge in [0.2, 0.25) is 0 Å². The van der Waals surface area contributed by atoms with Gasteiger partial charge in [-0.3, -0.25) is 4.98 Å². The van der Waals surface area contributed by atoms with Gasteiger partial charge in [0, 0.05) is 19.3 Å². The Hall–Kier alpha value is -1.16. The number of hydrogen-bond acceptors (Lipinski definition) is 3. The van der Waals surface area contributed by atoms with Crippen molar-refractivity contribution in [3.63, 3.8) is 0 Å². The average molecular weight is 277 g/mol. The molecule has 0 atom stereocenters. The molecule has 2 N–H and O–H groups in total. The summed E-state index contributed by atoms with van der Waals surface area (Å²) in [7, 11) is 2.13. The Morgan fingerprint density at radius 3 is 2.68 bits per heavy atom. The van der Waals surface area contributed by atoms with Gasteiger partial charge in [-0.05, 0) is 43.7 Å². The maximum atomic E-state index is 5.77. The van der Waals surface area contributed by atoms with E-state index in [2.05, 4.69) is 29.9 Å². The minimum atomic E-state index is 0.379. The molecule has 0 aromatic carbocycles. The van der Waals surface area contributed by atoms with Crippen molar-refractivity contribution in [2.45, 2.75) is 45.1 Å². The minimum Gasteiger partial charge on any atom is -0.388 e. The monoisotopic (exact) mass is 277 g/mol. The van der Waals surface area contributed by atoms with Gasteiger partial charge in [0.15, 0.2) is 0 Å². The molecule has 1 aromatic heterocycles. The van der Waals surface area contributed by atoms with Gasteiger partial charge in [0.25, 0.3) is 0 Å². The van der Waals surface area contributed by atoms with Crippen LogP contribution in [0.2, 0.25) is 0 Å². The summed E-state index contributed by atoms with van der Waals surface area (Å²) >= 11 is 5.10. The fourth-order valence-corrected chi connectivity index (χ4v) is 3.17. The summed E-state index contributed by atoms with van der Waals surface area (Å²) in [5.74, 6) is 0.911. The number of hydrogen-bond donors (Lipinski definition) is 1. The molecule has 104 valence electrons. The van der Waals surface area contributed by atoms with Crippen molar-refractivity contribution in [2.75, 3.05) is 11.9 Å². The third-order valence-electron chi connectivity index (χ3n) is 4.34. The second-order valence-electron chi connectivity index (χ2n) is 5.43. The lowest BCUT2D eigenvalue weighted by Crippen LogP contribution is -2.36. The third-order valence-corrected chi connectivity index (χ3v) is 4.53. The van der Waals surface area contributed by atoms with E-state index in [1.807, 2.05) is 6.07 Å². The second-order valence-corrected chi connectivity index (χ2v) is 5.87. The van der Waals surface area contributed by atoms with Crippen LogP contribution in [0.15, 0.2) is 18.3 Å². The molecule has 0 saturated heterocycles. The second kappa shape index (κ2) is 6.33. The van der Waals surface area contributed by atoms with Gasteiger partial charge in [0.05, 0.1) is 5.69 Å². The van der Waals surface area contributed by atoms with E-state index in [1.165, 1.54) is 32.1 Å². The van der Waals surface area contributed by atoms with Gasteiger partial charge in [-0.25, -0.2) is 0 Å². The fraction of sp³-hybridized carbons (Fsp3) is 0.600. The summed E-state index contributed by atoms with van der Waals surface area (Å²) in [6, 6.07) is 4.60. The number of thiocarbonyl (C=S) groups is 1. The van der Waals surface area contributed by atoms with Crippen LogP contribution in [-0.2, 0) is 0 Å². The van der Waals surface area contributed by atoms with Crippen molar-refractivity contribution in [2.24, 2.45) is 11.7 Å². The SMILES string of the molecule is CCC1CCC(N(C)c2cccnc2C(N)=S)CC1. The van der Waals surface area contributed by atoms with Gasteiger partial charge in [-0.15, -0.1) is 0 Å². The minimum absolute atomic E-state index is 0.379. The van der Waals surface area contributed by atoms with Gasteiger partial charge in [0.1, 0.15) is 10.7 Å². The number of rotatable bonds is 4. The Kier molecular flexibility index (Phi) is 4.75. The quantitative estimate of drug-likeness (QED) is 0.859. The van der Waals surface area contributed by atoms with Crippen molar-refractivity contribution in [1.29, 1.82) is 0 Å². The number of aromatic nitrogens is 1. The van der Waals surface area contributed by atoms with E-state index in [4.69, 9.17) is 18.0 Å². The summed E-state index contributed by atoms with van der Waals surface area (Å²) in [5.41, 5.74) is 7.58. The first kappa shape index (κ1) is 14.3. The molecular formula is C15H23N3S. The predicted octanol–water partition coefficient (Wildman–Crippen LogP) is 3.12. The maximum absolute atomic E-state index is 5.77. The number of nitrogens with two attached hydrogens (primary N) is 1. The van der Waals surface area contributed by atoms with E-state index in [9.17, 15) is 0 Å². The molecule has 0 bridgehead atoms. The molecule has 0 unspecified atom stereocenters. The molecule has 1 heterocycles. The summed E-state index contributed by atoms with van der Waals surface area (Å²) in [6.07, 6.45) is 8.21. The molecule has 2 rings (SSSR count). The molecule has 1 aromatic rings. The molecule has 0 amide bonds. The van der Waals surface area contributed by atoms with Crippen LogP contribution >= 0.6 is 12.2 Å². The number of nitrogens with zero attached hydrogens (tertiary/aromatic N) is 2. The molecule has 0 spiro atoms. The molecular weight excluding hydrogens is 254 g/mol. The van der Waals surface area contributed by atoms with E-state index >= 15 is 0 Å². The van der Waals surface area contributed by atoms with E-state index in [-0.39, 0.29) is 0 Å². The molecule has 3 nitrogen and oxygen atoms in total. The lowest BCUT2D eigenvalue weighted by molar-refractivity contribution is 0.313. The molecule has 1 saturated carbocycles. The van der Waals surface area contributed by atoms with E-state index in [0.717, 1.165) is 17.3 Å². The normalized spacial score (nSPS) is 23.1. The van der Waals surface area contributed by atoms with Crippen LogP contribution < -0.4 is 10.6 Å². The van der Waals surface area contributed by atoms with Crippen molar-refractivity contribution >= 4 is 22.9 Å². The number of anilines is 1. The summed E-state index contributed by atoms with van der Waals surface area (Å²) < 4.78 is 0. The molecule has 19 heavy (non-hydrogen) atoms. The zero-order valence-corrected chi connectivity index (χ0v) is 12.6. The highest BCUT2D eigenvalue weighted by molar-refractivity contribution is 7.80. The lowest BCUT2D eigenvalue weighted by Gasteiger charge is -2.36. The van der Waals surface area contributed by atoms with Crippen LogP contribution in [0.3, 0.4) is 0 Å². The Labute approximate surface area is 121 Å². The molecule has 0 aliphatic heterocycles. The van der Waals surface area contributed by atoms with Crippen molar-refractivity contribution in [1.82, 2.24) is 4.98 Å². The summed E-state index contributed by atoms with van der Waals surface area (Å²) in [4.78, 5) is 7.01. The Bertz CT molecular complexity index is 439. The summed E-state index contributed by atoms with van der Waals surface area (Å²) in [6.45, 7) is 2.29. The zero-order chi connectivity index (χ0) is 13.8. The average Bonchev–Trinajstić information content (AvgIpc) is 2.46. The smallest absolute Gasteiger partial charge is 0.124 e. The largest absolute Gasteiger partial charge is 0.388 e. The molecule has 1 fully saturated rings. The lowest BCUT2D eigenvalue weighted by atomic mass is 9.84. The molecule has 1 aliphatic rings. The Morgan fingerprint density at radius 2 is 2.11 bits per heavy atom. The first-order chi connectivity index (χ1) is 9.13. The molecule has 0 radical (unpaired) electrons. The van der Waals surface area contributed by atoms with Gasteiger partial charge in [-0.2, -0.15) is 0 Å². The van der Waals surface area contributed by atoms with Crippen LogP contribution in [0.5, 0.6) is 0 Å². The highest BCUT2D eigenvalue weighted by Crippen LogP contribution is 2.31. The zero-order valence-electron chi connectivity index (χ0n) is 11.8. The first-order valence-corrected chi connectivity index (χ1v) is 7.52. The third kappa shape index (κ3) is 3.24. The van der Waals surface area contributed by atoms with Gasteiger partial charge >= 0.3 is 0 Å². The fourth-order valence-electron chi connectivity index (χ4n) is 3.01. The van der Waals surface area contributed by atoms with Gasteiger partial charge in [-0.1, -0.05) is 25.6 Å². The molecule has 1 aliphatic carbocycles. The van der Waals surface area contributed by atoms with E-state index in [1.54, 1.807) is 6.20 Å². The standard InChI is InChI=1S/C15H23N3S/c1-3-11-6-8-12(9-7-11)18(2)13-5-4-10-17-14(13)15(16)19/h4-5,10-12H,3,6-9H2,1-2H3,(H2,16,19). The van der Waals surface area contributed by atoms with Crippen LogP contribution in [0.1, 0.15) is 44.7 Å². The van der Waals surface area contributed by atoms with Crippen LogP contribution in [0.4, 0.5) is 5.69 Å². The Morgan fingerprint density at radius 1 is 1.42 bits per heavy atom. The Balaban J connectivity index is 2.12. The van der Waals surface area contributed by atoms with Gasteiger partial charge < -0.3 is 10.6 Å². The van der Waals surface area contributed by atoms with Crippen molar-refractivity contribution < 1.29 is 0 Å². The predicted molar refractivity (Wildman–Crippen MR) is 84.6 cm³/mol. The first-order valence-electron chi connectivity index (χ1n) is 7.11. The highest BCUT2D eigenvalue weighted by atomic mass is 32.1. The van der Waals surface area contributed by atoms with Crippen LogP contribution in [0, 0.1) is 5.92 Å². The van der Waals surface area contributed by atoms with Crippen LogP contribution in [-0.4, -0.2) is 23.1 Å².